The van der Waals surface area contributed by atoms with E-state index in [-0.39, 0.29) is 32.8 Å². The van der Waals surface area contributed by atoms with Crippen molar-refractivity contribution in [2.24, 2.45) is 0 Å². The minimum Gasteiger partial charge on any atom is -1.00 e. The molecule has 0 amide bonds. The van der Waals surface area contributed by atoms with E-state index in [0.717, 1.165) is 10.5 Å². The molecule has 102 valence electrons. The van der Waals surface area contributed by atoms with Gasteiger partial charge in [0.2, 0.25) is 0 Å². The van der Waals surface area contributed by atoms with Gasteiger partial charge in [-0.2, -0.15) is 0 Å². The van der Waals surface area contributed by atoms with Gasteiger partial charge in [-0.05, 0) is 17.7 Å². The van der Waals surface area contributed by atoms with Gasteiger partial charge in [0.15, 0.2) is 10.6 Å². The lowest BCUT2D eigenvalue weighted by molar-refractivity contribution is -0.00000696. The molecule has 0 spiro atoms. The van der Waals surface area contributed by atoms with E-state index in [1.165, 1.54) is 6.07 Å². The monoisotopic (exact) mass is 282 g/mol. The molecule has 0 bridgehead atoms. The Kier molecular flexibility index (Phi) is 4.67. The Balaban J connectivity index is 0.00000180. The number of aromatic hydroxyl groups is 3. The molecule has 0 unspecified atom stereocenters. The molecule has 0 aromatic heterocycles. The molecule has 0 aliphatic heterocycles. The van der Waals surface area contributed by atoms with E-state index in [1.54, 1.807) is 30.3 Å². The maximum atomic E-state index is 9.90. The first-order valence-electron chi connectivity index (χ1n) is 5.42. The highest BCUT2D eigenvalue weighted by Gasteiger charge is 2.19. The van der Waals surface area contributed by atoms with Gasteiger partial charge in [0, 0.05) is 28.6 Å². The van der Waals surface area contributed by atoms with E-state index in [2.05, 4.69) is 0 Å². The number of rotatable bonds is 2. The van der Waals surface area contributed by atoms with Crippen LogP contribution in [0.3, 0.4) is 0 Å². The van der Waals surface area contributed by atoms with Gasteiger partial charge in [0.25, 0.3) is 0 Å². The van der Waals surface area contributed by atoms with Gasteiger partial charge in [-0.15, -0.1) is 0 Å². The molecule has 3 N–H and O–H groups in total. The molecule has 2 rings (SSSR count). The van der Waals surface area contributed by atoms with Crippen LogP contribution in [-0.2, 0) is 10.9 Å². The molecule has 0 aliphatic carbocycles. The lowest BCUT2D eigenvalue weighted by atomic mass is 10.0. The largest absolute Gasteiger partial charge is 1.00 e. The highest BCUT2D eigenvalue weighted by molar-refractivity contribution is 7.95. The average Bonchev–Trinajstić information content (AvgIpc) is 2.30. The van der Waals surface area contributed by atoms with Crippen LogP contribution in [0.4, 0.5) is 0 Å². The molecule has 5 heteroatoms. The standard InChI is InChI=1S/C14H14O3S.FH/c1-18(2)14-7-11(12(16)8-13(14)17)9-3-5-10(15)6-4-9;/h3-8H,1-2H3,(H2-,15,16,17);1H. The number of phenolic OH excluding ortho intramolecular Hbond substituents is 3. The zero-order valence-corrected chi connectivity index (χ0v) is 11.4. The van der Waals surface area contributed by atoms with Crippen LogP contribution in [0.5, 0.6) is 17.2 Å². The summed E-state index contributed by atoms with van der Waals surface area (Å²) in [7, 11) is -0.0977. The van der Waals surface area contributed by atoms with E-state index in [1.807, 2.05) is 12.5 Å². The molecule has 19 heavy (non-hydrogen) atoms. The third kappa shape index (κ3) is 3.12. The minimum absolute atomic E-state index is 0. The second-order valence-corrected chi connectivity index (χ2v) is 6.27. The summed E-state index contributed by atoms with van der Waals surface area (Å²) in [5.41, 5.74) is 1.46. The van der Waals surface area contributed by atoms with Crippen molar-refractivity contribution < 1.29 is 20.0 Å². The first kappa shape index (κ1) is 15.2. The summed E-state index contributed by atoms with van der Waals surface area (Å²) < 4.78 is 0. The zero-order valence-electron chi connectivity index (χ0n) is 10.6. The van der Waals surface area contributed by atoms with Gasteiger partial charge in [-0.3, -0.25) is 0 Å². The minimum atomic E-state index is -0.0977. The maximum Gasteiger partial charge on any atom is 0.196 e. The van der Waals surface area contributed by atoms with Crippen LogP contribution in [0, 0.1) is 0 Å². The molecule has 0 saturated heterocycles. The third-order valence-corrected chi connectivity index (χ3v) is 3.90. The molecule has 0 aliphatic rings. The summed E-state index contributed by atoms with van der Waals surface area (Å²) in [5, 5.41) is 28.9. The topological polar surface area (TPSA) is 60.7 Å². The highest BCUT2D eigenvalue weighted by atomic mass is 32.2. The molecular formula is C14H15FO3S. The van der Waals surface area contributed by atoms with Crippen molar-refractivity contribution >= 4 is 10.9 Å². The lowest BCUT2D eigenvalue weighted by Crippen LogP contribution is -3.00. The van der Waals surface area contributed by atoms with E-state index in [4.69, 9.17) is 0 Å². The van der Waals surface area contributed by atoms with Crippen LogP contribution in [0.2, 0.25) is 0 Å². The van der Waals surface area contributed by atoms with E-state index in [9.17, 15) is 15.3 Å². The van der Waals surface area contributed by atoms with Crippen molar-refractivity contribution in [1.29, 1.82) is 0 Å². The number of hydrogen-bond donors (Lipinski definition) is 3. The Morgan fingerprint density at radius 1 is 0.842 bits per heavy atom. The fraction of sp³-hybridized carbons (Fsp3) is 0.143. The van der Waals surface area contributed by atoms with Crippen molar-refractivity contribution in [2.75, 3.05) is 12.5 Å². The van der Waals surface area contributed by atoms with Crippen LogP contribution in [-0.4, -0.2) is 27.8 Å². The molecule has 3 nitrogen and oxygen atoms in total. The van der Waals surface area contributed by atoms with Gasteiger partial charge in [0.05, 0.1) is 0 Å². The summed E-state index contributed by atoms with van der Waals surface area (Å²) >= 11 is 0. The molecule has 2 aromatic carbocycles. The molecule has 0 saturated carbocycles. The summed E-state index contributed by atoms with van der Waals surface area (Å²) in [4.78, 5) is 0.816. The van der Waals surface area contributed by atoms with Crippen molar-refractivity contribution in [1.82, 2.24) is 0 Å². The zero-order chi connectivity index (χ0) is 13.3. The van der Waals surface area contributed by atoms with Crippen LogP contribution < -0.4 is 4.70 Å². The van der Waals surface area contributed by atoms with Gasteiger partial charge in [0.1, 0.15) is 24.0 Å². The fourth-order valence-corrected chi connectivity index (χ4v) is 2.59. The Hall–Kier alpha value is -1.88. The number of phenols is 3. The predicted octanol–water partition coefficient (Wildman–Crippen LogP) is -0.289. The van der Waals surface area contributed by atoms with Crippen molar-refractivity contribution in [3.63, 3.8) is 0 Å². The SMILES string of the molecule is C[S+](C)c1cc(-c2ccc(O)cc2)c(O)cc1O.[F-]. The number of benzene rings is 2. The Morgan fingerprint density at radius 3 is 1.95 bits per heavy atom. The van der Waals surface area contributed by atoms with Crippen molar-refractivity contribution in [3.05, 3.63) is 36.4 Å². The van der Waals surface area contributed by atoms with E-state index >= 15 is 0 Å². The predicted molar refractivity (Wildman–Crippen MR) is 74.4 cm³/mol. The third-order valence-electron chi connectivity index (χ3n) is 2.70. The summed E-state index contributed by atoms with van der Waals surface area (Å²) in [6.07, 6.45) is 4.01. The maximum absolute atomic E-state index is 9.90. The van der Waals surface area contributed by atoms with Crippen LogP contribution in [0.15, 0.2) is 41.3 Å². The van der Waals surface area contributed by atoms with Crippen LogP contribution >= 0.6 is 0 Å². The molecular weight excluding hydrogens is 267 g/mol. The summed E-state index contributed by atoms with van der Waals surface area (Å²) in [6.45, 7) is 0. The Morgan fingerprint density at radius 2 is 1.42 bits per heavy atom. The van der Waals surface area contributed by atoms with Crippen molar-refractivity contribution in [3.8, 4) is 28.4 Å². The first-order chi connectivity index (χ1) is 8.49. The molecule has 0 atom stereocenters. The van der Waals surface area contributed by atoms with Crippen molar-refractivity contribution in [2.45, 2.75) is 4.90 Å². The molecule has 0 radical (unpaired) electrons. The molecule has 0 fully saturated rings. The average molecular weight is 282 g/mol. The quantitative estimate of drug-likeness (QED) is 0.664. The highest BCUT2D eigenvalue weighted by Crippen LogP contribution is 2.37. The second kappa shape index (κ2) is 5.84. The molecule has 2 aromatic rings. The van der Waals surface area contributed by atoms with Gasteiger partial charge < -0.3 is 20.0 Å². The van der Waals surface area contributed by atoms with Crippen LogP contribution in [0.25, 0.3) is 11.1 Å². The van der Waals surface area contributed by atoms with Gasteiger partial charge in [-0.1, -0.05) is 12.1 Å². The smallest absolute Gasteiger partial charge is 0.196 e. The van der Waals surface area contributed by atoms with E-state index in [0.29, 0.717) is 5.56 Å². The number of hydrogen-bond acceptors (Lipinski definition) is 3. The van der Waals surface area contributed by atoms with Gasteiger partial charge >= 0.3 is 0 Å². The summed E-state index contributed by atoms with van der Waals surface area (Å²) in [6, 6.07) is 9.76. The molecule has 0 heterocycles. The Bertz CT molecular complexity index is 568. The Labute approximate surface area is 113 Å². The lowest BCUT2D eigenvalue weighted by Gasteiger charge is -2.08. The fourth-order valence-electron chi connectivity index (χ4n) is 1.76. The van der Waals surface area contributed by atoms with Gasteiger partial charge in [-0.25, -0.2) is 0 Å². The van der Waals surface area contributed by atoms with Crippen LogP contribution in [0.1, 0.15) is 0 Å². The first-order valence-corrected chi connectivity index (χ1v) is 7.46. The normalized spacial score (nSPS) is 10.3. The summed E-state index contributed by atoms with van der Waals surface area (Å²) in [5.74, 6) is 0.332. The van der Waals surface area contributed by atoms with E-state index < -0.39 is 0 Å². The second-order valence-electron chi connectivity index (χ2n) is 4.20. The number of halogens is 1.